The van der Waals surface area contributed by atoms with Gasteiger partial charge in [0.2, 0.25) is 0 Å². The van der Waals surface area contributed by atoms with E-state index in [1.54, 1.807) is 7.11 Å². The molecule has 1 saturated carbocycles. The molecule has 0 saturated heterocycles. The Morgan fingerprint density at radius 3 is 2.36 bits per heavy atom. The normalized spacial score (nSPS) is 14.7. The molecule has 0 bridgehead atoms. The average molecular weight is 485 g/mol. The fourth-order valence-corrected chi connectivity index (χ4v) is 4.47. The Labute approximate surface area is 211 Å². The monoisotopic (exact) mass is 484 g/mol. The molecule has 6 heteroatoms. The molecule has 3 aromatic rings. The molecule has 0 amide bonds. The summed E-state index contributed by atoms with van der Waals surface area (Å²) in [4.78, 5) is 12.2. The lowest BCUT2D eigenvalue weighted by atomic mass is 9.95. The van der Waals surface area contributed by atoms with E-state index in [1.807, 2.05) is 60.7 Å². The molecular formula is C30H28O6. The first-order valence-electron chi connectivity index (χ1n) is 12.1. The van der Waals surface area contributed by atoms with Crippen LogP contribution in [0.2, 0.25) is 0 Å². The van der Waals surface area contributed by atoms with E-state index in [-0.39, 0.29) is 24.4 Å². The van der Waals surface area contributed by atoms with E-state index in [1.165, 1.54) is 20.0 Å². The first-order valence-corrected chi connectivity index (χ1v) is 12.1. The van der Waals surface area contributed by atoms with E-state index in [2.05, 4.69) is 11.8 Å². The van der Waals surface area contributed by atoms with Crippen LogP contribution in [0.3, 0.4) is 0 Å². The van der Waals surface area contributed by atoms with Crippen LogP contribution in [0, 0.1) is 11.8 Å². The van der Waals surface area contributed by atoms with Gasteiger partial charge < -0.3 is 23.7 Å². The molecule has 0 spiro atoms. The molecule has 6 nitrogen and oxygen atoms in total. The van der Waals surface area contributed by atoms with E-state index in [0.29, 0.717) is 34.5 Å². The molecule has 36 heavy (non-hydrogen) atoms. The smallest absolute Gasteiger partial charge is 0.307 e. The lowest BCUT2D eigenvalue weighted by Gasteiger charge is -2.20. The van der Waals surface area contributed by atoms with Crippen molar-refractivity contribution < 1.29 is 28.5 Å². The lowest BCUT2D eigenvalue weighted by Crippen LogP contribution is -2.12. The van der Waals surface area contributed by atoms with Crippen LogP contribution in [0.5, 0.6) is 34.5 Å². The predicted octanol–water partition coefficient (Wildman–Crippen LogP) is 6.61. The number of rotatable bonds is 6. The van der Waals surface area contributed by atoms with Crippen LogP contribution in [0.1, 0.15) is 49.1 Å². The molecule has 1 fully saturated rings. The van der Waals surface area contributed by atoms with Gasteiger partial charge in [-0.05, 0) is 67.6 Å². The van der Waals surface area contributed by atoms with E-state index >= 15 is 0 Å². The largest absolute Gasteiger partial charge is 0.493 e. The van der Waals surface area contributed by atoms with Crippen molar-refractivity contribution in [3.63, 3.8) is 0 Å². The Kier molecular flexibility index (Phi) is 6.99. The van der Waals surface area contributed by atoms with Crippen molar-refractivity contribution in [1.29, 1.82) is 0 Å². The second-order valence-corrected chi connectivity index (χ2v) is 8.85. The number of hydrogen-bond acceptors (Lipinski definition) is 6. The highest BCUT2D eigenvalue weighted by Crippen LogP contribution is 2.45. The summed E-state index contributed by atoms with van der Waals surface area (Å²) in [5, 5.41) is 0. The summed E-state index contributed by atoms with van der Waals surface area (Å²) >= 11 is 0. The first kappa shape index (κ1) is 23.6. The second-order valence-electron chi connectivity index (χ2n) is 8.85. The van der Waals surface area contributed by atoms with Crippen LogP contribution < -0.4 is 18.9 Å². The highest BCUT2D eigenvalue weighted by molar-refractivity contribution is 5.71. The topological polar surface area (TPSA) is 63.2 Å². The van der Waals surface area contributed by atoms with Gasteiger partial charge in [0.05, 0.1) is 32.7 Å². The van der Waals surface area contributed by atoms with Crippen LogP contribution in [-0.4, -0.2) is 26.3 Å². The molecule has 0 N–H and O–H groups in total. The lowest BCUT2D eigenvalue weighted by molar-refractivity contribution is -0.140. The van der Waals surface area contributed by atoms with Gasteiger partial charge in [0.15, 0.2) is 34.5 Å². The van der Waals surface area contributed by atoms with Crippen LogP contribution in [0.15, 0.2) is 60.7 Å². The third kappa shape index (κ3) is 5.26. The molecule has 1 aliphatic carbocycles. The van der Waals surface area contributed by atoms with E-state index in [4.69, 9.17) is 23.7 Å². The van der Waals surface area contributed by atoms with Gasteiger partial charge in [0, 0.05) is 11.6 Å². The van der Waals surface area contributed by atoms with Crippen molar-refractivity contribution in [1.82, 2.24) is 0 Å². The summed E-state index contributed by atoms with van der Waals surface area (Å²) in [6, 6.07) is 18.8. The summed E-state index contributed by atoms with van der Waals surface area (Å²) < 4.78 is 28.6. The van der Waals surface area contributed by atoms with Gasteiger partial charge >= 0.3 is 5.97 Å². The van der Waals surface area contributed by atoms with Crippen LogP contribution in [0.25, 0.3) is 0 Å². The number of esters is 1. The van der Waals surface area contributed by atoms with Crippen molar-refractivity contribution in [2.45, 2.75) is 44.1 Å². The summed E-state index contributed by atoms with van der Waals surface area (Å²) in [5.74, 6) is 9.66. The van der Waals surface area contributed by atoms with Gasteiger partial charge in [0.1, 0.15) is 0 Å². The van der Waals surface area contributed by atoms with Crippen molar-refractivity contribution >= 4 is 5.97 Å². The van der Waals surface area contributed by atoms with Gasteiger partial charge in [-0.2, -0.15) is 0 Å². The number of fused-ring (bicyclic) bond motifs is 2. The van der Waals surface area contributed by atoms with E-state index in [9.17, 15) is 4.79 Å². The molecule has 1 aliphatic heterocycles. The molecule has 1 heterocycles. The minimum atomic E-state index is -0.386. The SMILES string of the molecule is COC(=O)CC(C#Cc1ccc2c(c1)Oc1ccccc1O2)c1ccc(OC)c(OC2CCCC2)c1. The summed E-state index contributed by atoms with van der Waals surface area (Å²) in [5.41, 5.74) is 1.62. The first-order chi connectivity index (χ1) is 17.6. The van der Waals surface area contributed by atoms with Crippen LogP contribution in [-0.2, 0) is 9.53 Å². The molecule has 5 rings (SSSR count). The summed E-state index contributed by atoms with van der Waals surface area (Å²) in [6.07, 6.45) is 4.72. The Balaban J connectivity index is 1.42. The number of methoxy groups -OCH3 is 2. The fraction of sp³-hybridized carbons (Fsp3) is 0.300. The van der Waals surface area contributed by atoms with Crippen LogP contribution in [0.4, 0.5) is 0 Å². The fourth-order valence-electron chi connectivity index (χ4n) is 4.47. The number of hydrogen-bond donors (Lipinski definition) is 0. The molecule has 0 radical (unpaired) electrons. The maximum atomic E-state index is 12.2. The standard InChI is InChI=1S/C30H28O6/c1-32-24-16-14-21(18-29(24)34-23-7-3-4-8-23)22(19-30(31)33-2)13-11-20-12-15-27-28(17-20)36-26-10-6-5-9-25(26)35-27/h5-6,9-10,12,14-18,22-23H,3-4,7-8,19H2,1-2H3. The minimum Gasteiger partial charge on any atom is -0.493 e. The highest BCUT2D eigenvalue weighted by Gasteiger charge is 2.22. The molecule has 1 unspecified atom stereocenters. The van der Waals surface area contributed by atoms with Crippen molar-refractivity contribution in [2.24, 2.45) is 0 Å². The van der Waals surface area contributed by atoms with Gasteiger partial charge in [-0.15, -0.1) is 0 Å². The number of ether oxygens (including phenoxy) is 5. The zero-order chi connectivity index (χ0) is 24.9. The molecule has 2 aliphatic rings. The van der Waals surface area contributed by atoms with Gasteiger partial charge in [-0.25, -0.2) is 0 Å². The number of carbonyl (C=O) groups excluding carboxylic acids is 1. The quantitative estimate of drug-likeness (QED) is 0.227. The van der Waals surface area contributed by atoms with Gasteiger partial charge in [-0.3, -0.25) is 4.79 Å². The zero-order valence-corrected chi connectivity index (χ0v) is 20.4. The Morgan fingerprint density at radius 2 is 1.64 bits per heavy atom. The van der Waals surface area contributed by atoms with Gasteiger partial charge in [-0.1, -0.05) is 30.0 Å². The van der Waals surface area contributed by atoms with Gasteiger partial charge in [0.25, 0.3) is 0 Å². The van der Waals surface area contributed by atoms with E-state index in [0.717, 1.165) is 24.0 Å². The molecule has 3 aromatic carbocycles. The maximum absolute atomic E-state index is 12.2. The summed E-state index contributed by atoms with van der Waals surface area (Å²) in [7, 11) is 3.01. The third-order valence-electron chi connectivity index (χ3n) is 6.41. The molecule has 184 valence electrons. The number of para-hydroxylation sites is 2. The summed E-state index contributed by atoms with van der Waals surface area (Å²) in [6.45, 7) is 0. The average Bonchev–Trinajstić information content (AvgIpc) is 3.42. The molecule has 0 aromatic heterocycles. The van der Waals surface area contributed by atoms with Crippen molar-refractivity contribution in [3.8, 4) is 46.3 Å². The Bertz CT molecular complexity index is 1310. The van der Waals surface area contributed by atoms with Crippen molar-refractivity contribution in [3.05, 3.63) is 71.8 Å². The third-order valence-corrected chi connectivity index (χ3v) is 6.41. The Hall–Kier alpha value is -4.11. The predicted molar refractivity (Wildman–Crippen MR) is 135 cm³/mol. The number of carbonyl (C=O) groups is 1. The zero-order valence-electron chi connectivity index (χ0n) is 20.4. The Morgan fingerprint density at radius 1 is 0.917 bits per heavy atom. The second kappa shape index (κ2) is 10.7. The maximum Gasteiger partial charge on any atom is 0.307 e. The minimum absolute atomic E-state index is 0.122. The molecule has 1 atom stereocenters. The van der Waals surface area contributed by atoms with Crippen molar-refractivity contribution in [2.75, 3.05) is 14.2 Å². The molecular weight excluding hydrogens is 456 g/mol. The highest BCUT2D eigenvalue weighted by atomic mass is 16.6. The van der Waals surface area contributed by atoms with Crippen LogP contribution >= 0.6 is 0 Å². The van der Waals surface area contributed by atoms with E-state index < -0.39 is 0 Å². The number of benzene rings is 3.